The Balaban J connectivity index is 3.07. The first-order valence-corrected chi connectivity index (χ1v) is 3.27. The molecule has 1 unspecified atom stereocenters. The van der Waals surface area contributed by atoms with Crippen molar-refractivity contribution in [3.63, 3.8) is 0 Å². The largest absolute Gasteiger partial charge is 0.395 e. The predicted molar refractivity (Wildman–Crippen MR) is 40.1 cm³/mol. The van der Waals surface area contributed by atoms with Gasteiger partial charge in [-0.1, -0.05) is 22.5 Å². The summed E-state index contributed by atoms with van der Waals surface area (Å²) in [5.41, 5.74) is 0. The maximum Gasteiger partial charge on any atom is 0.107 e. The zero-order valence-corrected chi connectivity index (χ0v) is 6.25. The van der Waals surface area contributed by atoms with E-state index >= 15 is 0 Å². The van der Waals surface area contributed by atoms with Gasteiger partial charge in [-0.3, -0.25) is 5.09 Å². The zero-order chi connectivity index (χ0) is 6.41. The Labute approximate surface area is 53.6 Å². The van der Waals surface area contributed by atoms with Crippen LogP contribution in [-0.4, -0.2) is 25.0 Å². The number of hydrogen-bond donors (Lipinski definition) is 2. The summed E-state index contributed by atoms with van der Waals surface area (Å²) in [7, 11) is 4.41. The van der Waals surface area contributed by atoms with E-state index in [0.29, 0.717) is 0 Å². The maximum absolute atomic E-state index is 8.56. The Kier molecular flexibility index (Phi) is 5.84. The van der Waals surface area contributed by atoms with Crippen molar-refractivity contribution in [2.24, 2.45) is 0 Å². The Bertz CT molecular complexity index is 51.3. The van der Waals surface area contributed by atoms with Gasteiger partial charge in [0, 0.05) is 6.04 Å². The molecule has 0 heterocycles. The lowest BCUT2D eigenvalue weighted by atomic mass is 9.75. The average molecular weight is 132 g/mol. The van der Waals surface area contributed by atoms with E-state index in [4.69, 9.17) is 5.11 Å². The van der Waals surface area contributed by atoms with Crippen molar-refractivity contribution < 1.29 is 5.11 Å². The molecular weight excluding hydrogens is 120 g/mol. The van der Waals surface area contributed by atoms with Crippen LogP contribution in [0.5, 0.6) is 0 Å². The van der Waals surface area contributed by atoms with Crippen molar-refractivity contribution in [1.29, 1.82) is 0 Å². The number of aliphatic hydroxyl groups is 1. The van der Waals surface area contributed by atoms with E-state index in [9.17, 15) is 0 Å². The van der Waals surface area contributed by atoms with Gasteiger partial charge < -0.3 is 5.11 Å². The van der Waals surface area contributed by atoms with E-state index < -0.39 is 0 Å². The third kappa shape index (κ3) is 3.42. The molecule has 0 aliphatic rings. The number of rotatable bonds is 4. The van der Waals surface area contributed by atoms with Crippen LogP contribution in [0.25, 0.3) is 0 Å². The molecule has 0 aromatic heterocycles. The smallest absolute Gasteiger partial charge is 0.107 e. The van der Waals surface area contributed by atoms with Gasteiger partial charge in [-0.2, -0.15) is 0 Å². The fourth-order valence-electron chi connectivity index (χ4n) is 0.480. The molecule has 2 N–H and O–H groups in total. The van der Waals surface area contributed by atoms with Crippen molar-refractivity contribution in [3.05, 3.63) is 0 Å². The lowest BCUT2D eigenvalue weighted by Gasteiger charge is -2.09. The molecule has 0 fully saturated rings. The Morgan fingerprint density at radius 1 is 1.88 bits per heavy atom. The van der Waals surface area contributed by atoms with Crippen LogP contribution in [-0.2, 0) is 0 Å². The Morgan fingerprint density at radius 3 is 2.62 bits per heavy atom. The standard InChI is InChI=1S/C4H12BNOP/c1-5-2-4(3-7)6-8/h4,6-7H,2-3,8H2,1H3/t4-/m0/s1. The second-order valence-electron chi connectivity index (χ2n) is 1.69. The summed E-state index contributed by atoms with van der Waals surface area (Å²) in [6.45, 7) is 2.18. The van der Waals surface area contributed by atoms with Gasteiger partial charge in [-0.05, 0) is 0 Å². The Hall–Kier alpha value is 0.415. The van der Waals surface area contributed by atoms with Crippen molar-refractivity contribution in [2.75, 3.05) is 6.61 Å². The van der Waals surface area contributed by atoms with Crippen LogP contribution in [0.2, 0.25) is 13.1 Å². The van der Waals surface area contributed by atoms with Gasteiger partial charge in [0.1, 0.15) is 7.28 Å². The van der Waals surface area contributed by atoms with Gasteiger partial charge >= 0.3 is 0 Å². The molecule has 4 heteroatoms. The molecule has 2 atom stereocenters. The predicted octanol–water partition coefficient (Wildman–Crippen LogP) is -0.102. The Morgan fingerprint density at radius 2 is 2.50 bits per heavy atom. The first kappa shape index (κ1) is 8.41. The second-order valence-corrected chi connectivity index (χ2v) is 2.02. The molecule has 0 saturated carbocycles. The molecule has 0 rings (SSSR count). The highest BCUT2D eigenvalue weighted by Gasteiger charge is 1.99. The lowest BCUT2D eigenvalue weighted by molar-refractivity contribution is 0.267. The highest BCUT2D eigenvalue weighted by atomic mass is 31.0. The summed E-state index contributed by atoms with van der Waals surface area (Å²) in [6.07, 6.45) is 0.917. The zero-order valence-electron chi connectivity index (χ0n) is 5.09. The lowest BCUT2D eigenvalue weighted by Crippen LogP contribution is -2.24. The number of aliphatic hydroxyl groups excluding tert-OH is 1. The molecule has 1 radical (unpaired) electrons. The fourth-order valence-corrected chi connectivity index (χ4v) is 0.721. The van der Waals surface area contributed by atoms with Crippen LogP contribution in [0, 0.1) is 0 Å². The third-order valence-corrected chi connectivity index (χ3v) is 1.45. The number of hydrogen-bond acceptors (Lipinski definition) is 2. The van der Waals surface area contributed by atoms with Gasteiger partial charge in [0.2, 0.25) is 0 Å². The first-order chi connectivity index (χ1) is 3.85. The minimum atomic E-state index is 0.202. The van der Waals surface area contributed by atoms with Gasteiger partial charge in [-0.15, -0.1) is 0 Å². The third-order valence-electron chi connectivity index (χ3n) is 0.976. The molecule has 0 bridgehead atoms. The second kappa shape index (κ2) is 5.55. The maximum atomic E-state index is 8.56. The van der Waals surface area contributed by atoms with E-state index in [1.807, 2.05) is 14.1 Å². The molecular formula is C4H12BNOP. The van der Waals surface area contributed by atoms with E-state index in [0.717, 1.165) is 6.32 Å². The molecule has 2 nitrogen and oxygen atoms in total. The monoisotopic (exact) mass is 132 g/mol. The molecule has 0 aliphatic heterocycles. The first-order valence-electron chi connectivity index (χ1n) is 2.70. The highest BCUT2D eigenvalue weighted by Crippen LogP contribution is 1.91. The van der Waals surface area contributed by atoms with Gasteiger partial charge in [0.05, 0.1) is 6.61 Å². The summed E-state index contributed by atoms with van der Waals surface area (Å²) in [4.78, 5) is 0. The van der Waals surface area contributed by atoms with Crippen molar-refractivity contribution in [3.8, 4) is 0 Å². The molecule has 0 spiro atoms. The number of nitrogens with one attached hydrogen (secondary N) is 1. The summed E-state index contributed by atoms with van der Waals surface area (Å²) in [5.74, 6) is 0. The minimum Gasteiger partial charge on any atom is -0.395 e. The topological polar surface area (TPSA) is 32.3 Å². The minimum absolute atomic E-state index is 0.202. The fraction of sp³-hybridized carbons (Fsp3) is 1.00. The quantitative estimate of drug-likeness (QED) is 0.413. The molecule has 8 heavy (non-hydrogen) atoms. The summed E-state index contributed by atoms with van der Waals surface area (Å²) < 4.78 is 0. The van der Waals surface area contributed by atoms with Gasteiger partial charge in [-0.25, -0.2) is 0 Å². The van der Waals surface area contributed by atoms with Crippen molar-refractivity contribution in [2.45, 2.75) is 19.2 Å². The molecule has 0 aromatic carbocycles. The molecule has 0 aliphatic carbocycles. The van der Waals surface area contributed by atoms with Crippen molar-refractivity contribution >= 4 is 16.7 Å². The molecule has 0 saturated heterocycles. The van der Waals surface area contributed by atoms with Gasteiger partial charge in [0.15, 0.2) is 0 Å². The SMILES string of the molecule is C[B]C[C@@H](CO)NP. The van der Waals surface area contributed by atoms with E-state index in [-0.39, 0.29) is 12.6 Å². The molecule has 0 amide bonds. The van der Waals surface area contributed by atoms with Crippen LogP contribution >= 0.6 is 9.39 Å². The highest BCUT2D eigenvalue weighted by molar-refractivity contribution is 7.13. The van der Waals surface area contributed by atoms with Crippen LogP contribution in [0.3, 0.4) is 0 Å². The van der Waals surface area contributed by atoms with Crippen LogP contribution < -0.4 is 5.09 Å². The van der Waals surface area contributed by atoms with E-state index in [1.165, 1.54) is 0 Å². The van der Waals surface area contributed by atoms with E-state index in [2.05, 4.69) is 14.5 Å². The normalized spacial score (nSPS) is 13.4. The molecule has 47 valence electrons. The van der Waals surface area contributed by atoms with Gasteiger partial charge in [0.25, 0.3) is 0 Å². The summed E-state index contributed by atoms with van der Waals surface area (Å²) in [6, 6.07) is 0.213. The average Bonchev–Trinajstić information content (AvgIpc) is 1.83. The van der Waals surface area contributed by atoms with Crippen molar-refractivity contribution in [1.82, 2.24) is 5.09 Å². The van der Waals surface area contributed by atoms with E-state index in [1.54, 1.807) is 0 Å². The summed E-state index contributed by atoms with van der Waals surface area (Å²) >= 11 is 0. The van der Waals surface area contributed by atoms with Crippen LogP contribution in [0.4, 0.5) is 0 Å². The molecule has 0 aromatic rings. The summed E-state index contributed by atoms with van der Waals surface area (Å²) in [5, 5.41) is 11.4. The van der Waals surface area contributed by atoms with Crippen LogP contribution in [0.15, 0.2) is 0 Å². The van der Waals surface area contributed by atoms with Crippen LogP contribution in [0.1, 0.15) is 0 Å².